The number of nitrogens with two attached hydrogens (primary N) is 1. The van der Waals surface area contributed by atoms with Crippen LogP contribution in [0.25, 0.3) is 0 Å². The van der Waals surface area contributed by atoms with Crippen LogP contribution in [-0.4, -0.2) is 40.8 Å². The summed E-state index contributed by atoms with van der Waals surface area (Å²) in [5, 5.41) is 27.2. The molecule has 2 aromatic carbocycles. The molecule has 0 fully saturated rings. The van der Waals surface area contributed by atoms with E-state index in [9.17, 15) is 23.4 Å². The van der Waals surface area contributed by atoms with Crippen LogP contribution in [0, 0.1) is 13.8 Å². The normalized spacial score (nSPS) is 15.7. The third kappa shape index (κ3) is 4.14. The number of aliphatic hydroxyl groups excluding tert-OH is 1. The van der Waals surface area contributed by atoms with E-state index in [2.05, 4.69) is 4.98 Å². The Morgan fingerprint density at radius 1 is 1.06 bits per heavy atom. The van der Waals surface area contributed by atoms with E-state index in [-0.39, 0.29) is 17.8 Å². The van der Waals surface area contributed by atoms with Gasteiger partial charge in [0, 0.05) is 17.7 Å². The van der Waals surface area contributed by atoms with E-state index in [0.717, 1.165) is 5.56 Å². The molecule has 1 aromatic heterocycles. The molecule has 0 aliphatic carbocycles. The highest BCUT2D eigenvalue weighted by Gasteiger charge is 2.55. The minimum Gasteiger partial charge on any atom is -0.395 e. The third-order valence-corrected chi connectivity index (χ3v) is 7.84. The first kappa shape index (κ1) is 23.9. The zero-order chi connectivity index (χ0) is 23.7. The zero-order valence-corrected chi connectivity index (χ0v) is 19.1. The number of hydrogen-bond acceptors (Lipinski definition) is 5. The number of nitrogens with one attached hydrogen (secondary N) is 1. The van der Waals surface area contributed by atoms with E-state index < -0.39 is 27.0 Å². The predicted molar refractivity (Wildman–Crippen MR) is 123 cm³/mol. The van der Waals surface area contributed by atoms with Crippen molar-refractivity contribution in [3.8, 4) is 0 Å². The van der Waals surface area contributed by atoms with Crippen LogP contribution in [0.5, 0.6) is 0 Å². The molecule has 5 N–H and O–H groups in total. The van der Waals surface area contributed by atoms with E-state index in [1.54, 1.807) is 55.5 Å². The molecule has 7 nitrogen and oxygen atoms in total. The second kappa shape index (κ2) is 8.63. The molecule has 0 radical (unpaired) electrons. The number of rotatable bonds is 8. The molecular formula is C24H28N2O5S. The Morgan fingerprint density at radius 3 is 2.19 bits per heavy atom. The molecule has 3 aromatic rings. The van der Waals surface area contributed by atoms with Gasteiger partial charge in [0.15, 0.2) is 0 Å². The number of sulfonamides is 1. The molecule has 2 atom stereocenters. The fraction of sp³-hybridized carbons (Fsp3) is 0.292. The number of H-pyrrole nitrogens is 1. The first-order valence-electron chi connectivity index (χ1n) is 10.1. The Kier molecular flexibility index (Phi) is 6.44. The van der Waals surface area contributed by atoms with Gasteiger partial charge in [-0.2, -0.15) is 0 Å². The maximum Gasteiger partial charge on any atom is 0.220 e. The standard InChI is InChI=1S/C24H28N2O5S/c1-16-9-11-18(12-10-16)22(28)21-17(2)13-20(26-21)14-24(29,19-7-5-4-6-8-19)23(3,15-27)32(25,30)31/h4-13,26-27,29H,14-15H2,1-3H3,(H2,25,30,31). The molecule has 0 saturated heterocycles. The third-order valence-electron chi connectivity index (χ3n) is 6.11. The fourth-order valence-electron chi connectivity index (χ4n) is 3.85. The number of carbonyl (C=O) groups excluding carboxylic acids is 1. The van der Waals surface area contributed by atoms with Crippen molar-refractivity contribution in [3.05, 3.63) is 94.3 Å². The van der Waals surface area contributed by atoms with Gasteiger partial charge in [-0.25, -0.2) is 13.6 Å². The summed E-state index contributed by atoms with van der Waals surface area (Å²) < 4.78 is 22.9. The van der Waals surface area contributed by atoms with Gasteiger partial charge >= 0.3 is 0 Å². The maximum atomic E-state index is 13.0. The zero-order valence-electron chi connectivity index (χ0n) is 18.3. The van der Waals surface area contributed by atoms with Crippen molar-refractivity contribution in [2.45, 2.75) is 37.5 Å². The van der Waals surface area contributed by atoms with Crippen LogP contribution in [-0.2, 0) is 22.0 Å². The summed E-state index contributed by atoms with van der Waals surface area (Å²) in [7, 11) is -4.39. The molecule has 170 valence electrons. The van der Waals surface area contributed by atoms with Crippen LogP contribution in [0.4, 0.5) is 0 Å². The second-order valence-corrected chi connectivity index (χ2v) is 10.4. The topological polar surface area (TPSA) is 133 Å². The lowest BCUT2D eigenvalue weighted by Crippen LogP contribution is -2.60. The Balaban J connectivity index is 2.08. The van der Waals surface area contributed by atoms with E-state index in [1.807, 2.05) is 19.1 Å². The summed E-state index contributed by atoms with van der Waals surface area (Å²) in [6.07, 6.45) is -0.216. The molecule has 32 heavy (non-hydrogen) atoms. The monoisotopic (exact) mass is 456 g/mol. The number of aromatic amines is 1. The molecule has 0 amide bonds. The predicted octanol–water partition coefficient (Wildman–Crippen LogP) is 2.33. The first-order chi connectivity index (χ1) is 14.9. The molecule has 0 aliphatic heterocycles. The van der Waals surface area contributed by atoms with Gasteiger partial charge < -0.3 is 15.2 Å². The highest BCUT2D eigenvalue weighted by molar-refractivity contribution is 7.90. The van der Waals surface area contributed by atoms with E-state index in [0.29, 0.717) is 22.5 Å². The van der Waals surface area contributed by atoms with Crippen molar-refractivity contribution in [2.75, 3.05) is 6.61 Å². The van der Waals surface area contributed by atoms with E-state index >= 15 is 0 Å². The van der Waals surface area contributed by atoms with Gasteiger partial charge in [-0.1, -0.05) is 60.2 Å². The van der Waals surface area contributed by atoms with Gasteiger partial charge in [-0.05, 0) is 38.0 Å². The lowest BCUT2D eigenvalue weighted by molar-refractivity contribution is -0.0232. The Labute approximate surface area is 188 Å². The van der Waals surface area contributed by atoms with E-state index in [1.165, 1.54) is 6.92 Å². The lowest BCUT2D eigenvalue weighted by Gasteiger charge is -2.42. The van der Waals surface area contributed by atoms with Crippen molar-refractivity contribution in [1.29, 1.82) is 0 Å². The molecule has 1 heterocycles. The molecule has 0 saturated carbocycles. The van der Waals surface area contributed by atoms with Crippen LogP contribution < -0.4 is 5.14 Å². The van der Waals surface area contributed by atoms with Crippen molar-refractivity contribution in [1.82, 2.24) is 4.98 Å². The van der Waals surface area contributed by atoms with Crippen molar-refractivity contribution in [2.24, 2.45) is 5.14 Å². The maximum absolute atomic E-state index is 13.0. The molecule has 0 spiro atoms. The number of carbonyl (C=O) groups is 1. The number of benzene rings is 2. The van der Waals surface area contributed by atoms with Crippen molar-refractivity contribution in [3.63, 3.8) is 0 Å². The number of aliphatic hydroxyl groups is 2. The van der Waals surface area contributed by atoms with Crippen LogP contribution in [0.15, 0.2) is 60.7 Å². The van der Waals surface area contributed by atoms with Crippen LogP contribution in [0.2, 0.25) is 0 Å². The second-order valence-electron chi connectivity index (χ2n) is 8.38. The van der Waals surface area contributed by atoms with E-state index in [4.69, 9.17) is 5.14 Å². The van der Waals surface area contributed by atoms with Crippen LogP contribution >= 0.6 is 0 Å². The molecule has 8 heteroatoms. The van der Waals surface area contributed by atoms with Crippen LogP contribution in [0.3, 0.4) is 0 Å². The molecule has 0 bridgehead atoms. The Morgan fingerprint density at radius 2 is 1.66 bits per heavy atom. The molecule has 2 unspecified atom stereocenters. The molecular weight excluding hydrogens is 428 g/mol. The van der Waals surface area contributed by atoms with Gasteiger partial charge in [0.05, 0.1) is 12.3 Å². The molecule has 3 rings (SSSR count). The smallest absolute Gasteiger partial charge is 0.220 e. The largest absolute Gasteiger partial charge is 0.395 e. The summed E-state index contributed by atoms with van der Waals surface area (Å²) in [4.78, 5) is 16.0. The van der Waals surface area contributed by atoms with Gasteiger partial charge in [0.25, 0.3) is 0 Å². The Bertz CT molecular complexity index is 1220. The molecule has 0 aliphatic rings. The summed E-state index contributed by atoms with van der Waals surface area (Å²) in [6.45, 7) is 4.00. The number of hydrogen-bond donors (Lipinski definition) is 4. The number of primary sulfonamides is 1. The highest BCUT2D eigenvalue weighted by Crippen LogP contribution is 2.40. The summed E-state index contributed by atoms with van der Waals surface area (Å²) >= 11 is 0. The van der Waals surface area contributed by atoms with Gasteiger partial charge in [-0.3, -0.25) is 4.79 Å². The Hall–Kier alpha value is -2.78. The first-order valence-corrected chi connectivity index (χ1v) is 11.7. The fourth-order valence-corrected chi connectivity index (χ4v) is 4.69. The average molecular weight is 457 g/mol. The van der Waals surface area contributed by atoms with Gasteiger partial charge in [0.2, 0.25) is 15.8 Å². The minimum absolute atomic E-state index is 0.214. The highest BCUT2D eigenvalue weighted by atomic mass is 32.2. The van der Waals surface area contributed by atoms with Gasteiger partial charge in [0.1, 0.15) is 10.3 Å². The summed E-state index contributed by atoms with van der Waals surface area (Å²) in [6, 6.07) is 17.1. The SMILES string of the molecule is Cc1ccc(C(=O)c2[nH]c(CC(O)(c3ccccc3)C(C)(CO)S(N)(=O)=O)cc2C)cc1. The number of ketones is 1. The number of aromatic nitrogens is 1. The number of aryl methyl sites for hydroxylation is 2. The quantitative estimate of drug-likeness (QED) is 0.386. The van der Waals surface area contributed by atoms with Crippen molar-refractivity contribution >= 4 is 15.8 Å². The van der Waals surface area contributed by atoms with Crippen molar-refractivity contribution < 1.29 is 23.4 Å². The summed E-state index contributed by atoms with van der Waals surface area (Å²) in [5.41, 5.74) is 1.19. The lowest BCUT2D eigenvalue weighted by atomic mass is 9.78. The summed E-state index contributed by atoms with van der Waals surface area (Å²) in [5.74, 6) is -0.214. The average Bonchev–Trinajstić information content (AvgIpc) is 3.12. The van der Waals surface area contributed by atoms with Crippen LogP contribution in [0.1, 0.15) is 45.4 Å². The minimum atomic E-state index is -4.39. The van der Waals surface area contributed by atoms with Gasteiger partial charge in [-0.15, -0.1) is 0 Å².